The highest BCUT2D eigenvalue weighted by atomic mass is 32.1. The summed E-state index contributed by atoms with van der Waals surface area (Å²) in [6.45, 7) is 1.75. The molecule has 3 aromatic carbocycles. The van der Waals surface area contributed by atoms with E-state index in [1.807, 2.05) is 42.5 Å². The molecule has 36 heavy (non-hydrogen) atoms. The zero-order valence-electron chi connectivity index (χ0n) is 19.6. The summed E-state index contributed by atoms with van der Waals surface area (Å²) in [7, 11) is 1.59. The largest absolute Gasteiger partial charge is 0.497 e. The van der Waals surface area contributed by atoms with Crippen molar-refractivity contribution in [1.29, 1.82) is 0 Å². The highest BCUT2D eigenvalue weighted by molar-refractivity contribution is 7.07. The van der Waals surface area contributed by atoms with E-state index in [-0.39, 0.29) is 11.5 Å². The molecule has 5 rings (SSSR count). The van der Waals surface area contributed by atoms with Gasteiger partial charge in [0.05, 0.1) is 29.0 Å². The third kappa shape index (κ3) is 4.50. The number of allylic oxidation sites excluding steroid dienone is 1. The van der Waals surface area contributed by atoms with Crippen molar-refractivity contribution in [3.8, 4) is 5.75 Å². The van der Waals surface area contributed by atoms with Gasteiger partial charge in [0, 0.05) is 5.69 Å². The molecule has 1 atom stereocenters. The van der Waals surface area contributed by atoms with Crippen molar-refractivity contribution in [2.75, 3.05) is 12.4 Å². The summed E-state index contributed by atoms with van der Waals surface area (Å²) in [5.41, 5.74) is 2.61. The van der Waals surface area contributed by atoms with E-state index in [4.69, 9.17) is 4.74 Å². The third-order valence-corrected chi connectivity index (χ3v) is 6.88. The molecule has 1 N–H and O–H groups in total. The number of ether oxygens (including phenoxy) is 1. The van der Waals surface area contributed by atoms with E-state index in [2.05, 4.69) is 10.3 Å². The van der Waals surface area contributed by atoms with Gasteiger partial charge in [-0.05, 0) is 60.5 Å². The summed E-state index contributed by atoms with van der Waals surface area (Å²) >= 11 is 1.25. The summed E-state index contributed by atoms with van der Waals surface area (Å²) in [5.74, 6) is -0.0579. The Hall–Kier alpha value is -4.30. The normalized spacial score (nSPS) is 15.3. The molecule has 180 valence electrons. The molecule has 1 aromatic heterocycles. The summed E-state index contributed by atoms with van der Waals surface area (Å²) < 4.78 is 21.0. The number of methoxy groups -OCH3 is 1. The van der Waals surface area contributed by atoms with Crippen molar-refractivity contribution in [2.24, 2.45) is 4.99 Å². The van der Waals surface area contributed by atoms with Crippen LogP contribution >= 0.6 is 11.3 Å². The van der Waals surface area contributed by atoms with E-state index in [1.165, 1.54) is 28.0 Å². The molecule has 0 unspecified atom stereocenters. The van der Waals surface area contributed by atoms with E-state index in [0.29, 0.717) is 31.9 Å². The number of rotatable bonds is 5. The Bertz CT molecular complexity index is 1640. The Labute approximate surface area is 210 Å². The Morgan fingerprint density at radius 2 is 1.75 bits per heavy atom. The number of carbonyl (C=O) groups excluding carboxylic acids is 1. The first-order valence-corrected chi connectivity index (χ1v) is 12.0. The van der Waals surface area contributed by atoms with E-state index in [9.17, 15) is 14.0 Å². The van der Waals surface area contributed by atoms with Crippen molar-refractivity contribution in [1.82, 2.24) is 4.57 Å². The van der Waals surface area contributed by atoms with Crippen molar-refractivity contribution < 1.29 is 13.9 Å². The lowest BCUT2D eigenvalue weighted by Gasteiger charge is -2.25. The van der Waals surface area contributed by atoms with E-state index >= 15 is 0 Å². The van der Waals surface area contributed by atoms with Crippen LogP contribution in [0.1, 0.15) is 24.1 Å². The molecule has 0 fully saturated rings. The fraction of sp³-hybridized carbons (Fsp3) is 0.107. The van der Waals surface area contributed by atoms with Crippen LogP contribution < -0.4 is 24.9 Å². The average Bonchev–Trinajstić information content (AvgIpc) is 3.19. The maximum absolute atomic E-state index is 13.8. The number of hydrogen-bond donors (Lipinski definition) is 1. The molecule has 4 aromatic rings. The van der Waals surface area contributed by atoms with E-state index in [1.54, 1.807) is 44.4 Å². The average molecular weight is 500 g/mol. The first-order valence-electron chi connectivity index (χ1n) is 11.2. The van der Waals surface area contributed by atoms with Crippen LogP contribution in [0.4, 0.5) is 10.1 Å². The van der Waals surface area contributed by atoms with Gasteiger partial charge in [0.2, 0.25) is 0 Å². The van der Waals surface area contributed by atoms with Gasteiger partial charge in [-0.3, -0.25) is 14.2 Å². The number of thiazole rings is 1. The maximum Gasteiger partial charge on any atom is 0.271 e. The molecule has 0 saturated carbocycles. The Kier molecular flexibility index (Phi) is 6.35. The molecular weight excluding hydrogens is 477 g/mol. The van der Waals surface area contributed by atoms with Gasteiger partial charge in [-0.25, -0.2) is 9.38 Å². The van der Waals surface area contributed by atoms with Crippen molar-refractivity contribution in [3.05, 3.63) is 127 Å². The van der Waals surface area contributed by atoms with Crippen LogP contribution in [-0.4, -0.2) is 17.6 Å². The smallest absolute Gasteiger partial charge is 0.271 e. The van der Waals surface area contributed by atoms with Crippen molar-refractivity contribution in [2.45, 2.75) is 13.0 Å². The molecule has 0 radical (unpaired) electrons. The second-order valence-corrected chi connectivity index (χ2v) is 9.24. The summed E-state index contributed by atoms with van der Waals surface area (Å²) in [6, 6.07) is 21.5. The number of benzene rings is 3. The second-order valence-electron chi connectivity index (χ2n) is 8.23. The van der Waals surface area contributed by atoms with Gasteiger partial charge in [-0.15, -0.1) is 0 Å². The minimum Gasteiger partial charge on any atom is -0.497 e. The fourth-order valence-corrected chi connectivity index (χ4v) is 5.19. The van der Waals surface area contributed by atoms with Crippen LogP contribution in [0.3, 0.4) is 0 Å². The summed E-state index contributed by atoms with van der Waals surface area (Å²) in [4.78, 5) is 32.2. The molecule has 8 heteroatoms. The predicted octanol–water partition coefficient (Wildman–Crippen LogP) is 4.02. The maximum atomic E-state index is 13.8. The Morgan fingerprint density at radius 3 is 2.42 bits per heavy atom. The quantitative estimate of drug-likeness (QED) is 0.451. The van der Waals surface area contributed by atoms with Gasteiger partial charge in [-0.1, -0.05) is 53.8 Å². The van der Waals surface area contributed by atoms with Crippen molar-refractivity contribution >= 4 is 29.0 Å². The first kappa shape index (κ1) is 23.4. The minimum absolute atomic E-state index is 0.276. The number of amides is 1. The standard InChI is InChI=1S/C28H22FN3O3S/c1-17-24(26(33)31-21-6-4-3-5-7-21)25(19-10-12-20(29)13-11-19)32-27(34)23(36-28(32)30-17)16-18-8-14-22(35-2)15-9-18/h3-16,25H,1-2H3,(H,31,33)/b23-16+/t25-/m1/s1. The van der Waals surface area contributed by atoms with Crippen LogP contribution in [-0.2, 0) is 4.79 Å². The number of aromatic nitrogens is 1. The first-order chi connectivity index (χ1) is 17.4. The van der Waals surface area contributed by atoms with Gasteiger partial charge in [0.1, 0.15) is 11.6 Å². The lowest BCUT2D eigenvalue weighted by molar-refractivity contribution is -0.113. The zero-order valence-corrected chi connectivity index (χ0v) is 20.4. The van der Waals surface area contributed by atoms with Gasteiger partial charge in [0.25, 0.3) is 11.5 Å². The third-order valence-electron chi connectivity index (χ3n) is 5.90. The number of nitrogens with one attached hydrogen (secondary N) is 1. The molecule has 2 heterocycles. The molecular formula is C28H22FN3O3S. The number of para-hydroxylation sites is 1. The minimum atomic E-state index is -0.761. The number of fused-ring (bicyclic) bond motifs is 1. The monoisotopic (exact) mass is 499 g/mol. The number of nitrogens with zero attached hydrogens (tertiary/aromatic N) is 2. The summed E-state index contributed by atoms with van der Waals surface area (Å²) in [6.07, 6.45) is 1.79. The Balaban J connectivity index is 1.65. The molecule has 0 bridgehead atoms. The molecule has 0 aliphatic carbocycles. The molecule has 1 amide bonds. The SMILES string of the molecule is COc1ccc(/C=c2/sc3n(c2=O)[C@H](c2ccc(F)cc2)C(C(=O)Nc2ccccc2)=C(C)N=3)cc1. The number of anilines is 1. The van der Waals surface area contributed by atoms with Gasteiger partial charge >= 0.3 is 0 Å². The fourth-order valence-electron chi connectivity index (χ4n) is 4.14. The molecule has 0 spiro atoms. The molecule has 0 saturated heterocycles. The predicted molar refractivity (Wildman–Crippen MR) is 138 cm³/mol. The number of carbonyl (C=O) groups is 1. The highest BCUT2D eigenvalue weighted by Crippen LogP contribution is 2.31. The number of hydrogen-bond acceptors (Lipinski definition) is 5. The summed E-state index contributed by atoms with van der Waals surface area (Å²) in [5, 5.41) is 2.90. The highest BCUT2D eigenvalue weighted by Gasteiger charge is 2.32. The Morgan fingerprint density at radius 1 is 1.06 bits per heavy atom. The topological polar surface area (TPSA) is 72.7 Å². The molecule has 6 nitrogen and oxygen atoms in total. The van der Waals surface area contributed by atoms with Crippen molar-refractivity contribution in [3.63, 3.8) is 0 Å². The lowest BCUT2D eigenvalue weighted by Crippen LogP contribution is -2.40. The zero-order chi connectivity index (χ0) is 25.2. The van der Waals surface area contributed by atoms with Crippen LogP contribution in [0, 0.1) is 5.82 Å². The molecule has 1 aliphatic rings. The van der Waals surface area contributed by atoms with Gasteiger partial charge < -0.3 is 10.1 Å². The second kappa shape index (κ2) is 9.75. The van der Waals surface area contributed by atoms with Crippen LogP contribution in [0.15, 0.2) is 99.9 Å². The number of halogens is 1. The van der Waals surface area contributed by atoms with Crippen LogP contribution in [0.25, 0.3) is 6.08 Å². The molecule has 1 aliphatic heterocycles. The lowest BCUT2D eigenvalue weighted by atomic mass is 9.95. The van der Waals surface area contributed by atoms with Gasteiger partial charge in [0.15, 0.2) is 4.80 Å². The van der Waals surface area contributed by atoms with E-state index in [0.717, 1.165) is 11.3 Å². The van der Waals surface area contributed by atoms with Gasteiger partial charge in [-0.2, -0.15) is 0 Å². The van der Waals surface area contributed by atoms with Crippen LogP contribution in [0.5, 0.6) is 5.75 Å². The van der Waals surface area contributed by atoms with E-state index < -0.39 is 11.9 Å². The van der Waals surface area contributed by atoms with Crippen LogP contribution in [0.2, 0.25) is 0 Å².